The lowest BCUT2D eigenvalue weighted by atomic mass is 9.89. The molecule has 1 N–H and O–H groups in total. The molecule has 0 radical (unpaired) electrons. The summed E-state index contributed by atoms with van der Waals surface area (Å²) >= 11 is 0. The van der Waals surface area contributed by atoms with Crippen molar-refractivity contribution in [3.8, 4) is 11.5 Å². The van der Waals surface area contributed by atoms with E-state index in [4.69, 9.17) is 14.2 Å². The number of allylic oxidation sites excluding steroid dienone is 1. The second-order valence-corrected chi connectivity index (χ2v) is 6.68. The zero-order chi connectivity index (χ0) is 22.8. The van der Waals surface area contributed by atoms with Gasteiger partial charge in [-0.15, -0.1) is 0 Å². The molecule has 0 saturated heterocycles. The molecule has 10 nitrogen and oxygen atoms in total. The van der Waals surface area contributed by atoms with Gasteiger partial charge >= 0.3 is 5.97 Å². The highest BCUT2D eigenvalue weighted by Gasteiger charge is 2.39. The number of aromatic nitrogens is 4. The molecule has 1 aliphatic heterocycles. The fourth-order valence-electron chi connectivity index (χ4n) is 3.51. The molecule has 4 rings (SSSR count). The number of nitrogens with zero attached hydrogens (tertiary/aromatic N) is 4. The number of anilines is 1. The smallest absolute Gasteiger partial charge is 0.355 e. The Labute approximate surface area is 181 Å². The van der Waals surface area contributed by atoms with E-state index in [1.807, 2.05) is 0 Å². The summed E-state index contributed by atoms with van der Waals surface area (Å²) in [4.78, 5) is 26.3. The Kier molecular flexibility index (Phi) is 5.54. The number of nitrogens with one attached hydrogen (secondary N) is 1. The molecule has 3 aromatic rings. The molecule has 1 atom stereocenters. The SMILES string of the molecule is COC(=O)C1=C(C(=O)c2ccc(OC)c(OC)c2)[C@H](c2ccccc2F)n2nnnc2N1. The fourth-order valence-corrected chi connectivity index (χ4v) is 3.51. The van der Waals surface area contributed by atoms with Crippen LogP contribution < -0.4 is 14.8 Å². The van der Waals surface area contributed by atoms with Crippen molar-refractivity contribution in [2.45, 2.75) is 6.04 Å². The van der Waals surface area contributed by atoms with Gasteiger partial charge in [0.25, 0.3) is 0 Å². The lowest BCUT2D eigenvalue weighted by Gasteiger charge is -2.28. The van der Waals surface area contributed by atoms with Crippen LogP contribution in [0, 0.1) is 5.82 Å². The third kappa shape index (κ3) is 3.43. The van der Waals surface area contributed by atoms with Gasteiger partial charge in [-0.3, -0.25) is 4.79 Å². The van der Waals surface area contributed by atoms with Gasteiger partial charge in [-0.25, -0.2) is 9.18 Å². The number of ether oxygens (including phenoxy) is 3. The number of carbonyl (C=O) groups excluding carboxylic acids is 2. The summed E-state index contributed by atoms with van der Waals surface area (Å²) in [6.07, 6.45) is 0. The van der Waals surface area contributed by atoms with Gasteiger partial charge in [-0.05, 0) is 34.7 Å². The van der Waals surface area contributed by atoms with Gasteiger partial charge in [0.1, 0.15) is 17.6 Å². The maximum atomic E-state index is 14.9. The number of halogens is 1. The van der Waals surface area contributed by atoms with Crippen molar-refractivity contribution in [1.29, 1.82) is 0 Å². The van der Waals surface area contributed by atoms with Crippen molar-refractivity contribution in [3.63, 3.8) is 0 Å². The van der Waals surface area contributed by atoms with Crippen molar-refractivity contribution in [1.82, 2.24) is 20.2 Å². The highest BCUT2D eigenvalue weighted by Crippen LogP contribution is 2.38. The Morgan fingerprint density at radius 1 is 1.06 bits per heavy atom. The average Bonchev–Trinajstić information content (AvgIpc) is 3.30. The molecular weight excluding hydrogens is 421 g/mol. The molecule has 11 heteroatoms. The summed E-state index contributed by atoms with van der Waals surface area (Å²) in [6, 6.07) is 9.28. The minimum atomic E-state index is -1.13. The van der Waals surface area contributed by atoms with Gasteiger partial charge in [0.15, 0.2) is 17.3 Å². The number of rotatable bonds is 6. The number of benzene rings is 2. The van der Waals surface area contributed by atoms with Crippen LogP contribution in [-0.2, 0) is 9.53 Å². The lowest BCUT2D eigenvalue weighted by Crippen LogP contribution is -2.33. The number of tetrazole rings is 1. The van der Waals surface area contributed by atoms with Gasteiger partial charge in [0, 0.05) is 11.1 Å². The third-order valence-electron chi connectivity index (χ3n) is 5.00. The number of methoxy groups -OCH3 is 3. The van der Waals surface area contributed by atoms with Crippen LogP contribution in [0.3, 0.4) is 0 Å². The minimum absolute atomic E-state index is 0.0579. The van der Waals surface area contributed by atoms with Crippen LogP contribution in [0.25, 0.3) is 0 Å². The molecule has 0 saturated carbocycles. The van der Waals surface area contributed by atoms with E-state index in [1.165, 1.54) is 56.3 Å². The molecular formula is C21H18FN5O5. The second-order valence-electron chi connectivity index (χ2n) is 6.68. The second kappa shape index (κ2) is 8.46. The van der Waals surface area contributed by atoms with Crippen molar-refractivity contribution < 1.29 is 28.2 Å². The Hall–Kier alpha value is -4.28. The first-order chi connectivity index (χ1) is 15.5. The van der Waals surface area contributed by atoms with E-state index in [0.717, 1.165) is 0 Å². The third-order valence-corrected chi connectivity index (χ3v) is 5.00. The highest BCUT2D eigenvalue weighted by molar-refractivity contribution is 6.15. The van der Waals surface area contributed by atoms with E-state index < -0.39 is 23.6 Å². The first kappa shape index (κ1) is 21.0. The number of carbonyl (C=O) groups is 2. The zero-order valence-corrected chi connectivity index (χ0v) is 17.3. The zero-order valence-electron chi connectivity index (χ0n) is 17.3. The van der Waals surface area contributed by atoms with E-state index in [0.29, 0.717) is 11.5 Å². The van der Waals surface area contributed by atoms with Gasteiger partial charge in [0.05, 0.1) is 26.9 Å². The standard InChI is InChI=1S/C21H18FN5O5/c1-30-14-9-8-11(10-15(14)31-2)19(28)16-17(20(29)32-3)23-21-24-25-26-27(21)18(16)12-6-4-5-7-13(12)22/h4-10,18H,1-3H3,(H,23,24,26)/t18-/m0/s1. The van der Waals surface area contributed by atoms with E-state index in [-0.39, 0.29) is 28.3 Å². The van der Waals surface area contributed by atoms with Crippen LogP contribution in [0.4, 0.5) is 10.3 Å². The maximum absolute atomic E-state index is 14.9. The van der Waals surface area contributed by atoms with E-state index in [2.05, 4.69) is 20.8 Å². The quantitative estimate of drug-likeness (QED) is 0.455. The molecule has 0 spiro atoms. The minimum Gasteiger partial charge on any atom is -0.493 e. The summed E-state index contributed by atoms with van der Waals surface area (Å²) in [5, 5.41) is 14.1. The van der Waals surface area contributed by atoms with Crippen molar-refractivity contribution in [3.05, 3.63) is 70.7 Å². The molecule has 1 aliphatic rings. The Balaban J connectivity index is 1.95. The van der Waals surface area contributed by atoms with Gasteiger partial charge in [-0.2, -0.15) is 4.68 Å². The van der Waals surface area contributed by atoms with Gasteiger partial charge < -0.3 is 19.5 Å². The Morgan fingerprint density at radius 2 is 1.81 bits per heavy atom. The van der Waals surface area contributed by atoms with Crippen LogP contribution in [0.5, 0.6) is 11.5 Å². The van der Waals surface area contributed by atoms with Crippen LogP contribution in [0.2, 0.25) is 0 Å². The molecule has 2 heterocycles. The molecule has 164 valence electrons. The number of ketones is 1. The summed E-state index contributed by atoms with van der Waals surface area (Å²) in [6.45, 7) is 0. The monoisotopic (exact) mass is 439 g/mol. The number of esters is 1. The normalized spacial score (nSPS) is 14.9. The number of fused-ring (bicyclic) bond motifs is 1. The molecule has 0 amide bonds. The Morgan fingerprint density at radius 3 is 2.50 bits per heavy atom. The fraction of sp³-hybridized carbons (Fsp3) is 0.190. The molecule has 2 aromatic carbocycles. The van der Waals surface area contributed by atoms with Crippen LogP contribution in [-0.4, -0.2) is 53.3 Å². The van der Waals surface area contributed by atoms with Crippen molar-refractivity contribution >= 4 is 17.7 Å². The predicted molar refractivity (Wildman–Crippen MR) is 109 cm³/mol. The van der Waals surface area contributed by atoms with Crippen molar-refractivity contribution in [2.75, 3.05) is 26.6 Å². The van der Waals surface area contributed by atoms with Crippen LogP contribution in [0.1, 0.15) is 22.0 Å². The summed E-state index contributed by atoms with van der Waals surface area (Å²) in [7, 11) is 4.07. The highest BCUT2D eigenvalue weighted by atomic mass is 19.1. The topological polar surface area (TPSA) is 117 Å². The van der Waals surface area contributed by atoms with E-state index >= 15 is 0 Å². The molecule has 0 unspecified atom stereocenters. The van der Waals surface area contributed by atoms with E-state index in [1.54, 1.807) is 12.1 Å². The molecule has 0 bridgehead atoms. The van der Waals surface area contributed by atoms with Crippen LogP contribution in [0.15, 0.2) is 53.7 Å². The van der Waals surface area contributed by atoms with Crippen molar-refractivity contribution in [2.24, 2.45) is 0 Å². The lowest BCUT2D eigenvalue weighted by molar-refractivity contribution is -0.136. The molecule has 0 aliphatic carbocycles. The molecule has 0 fully saturated rings. The summed E-state index contributed by atoms with van der Waals surface area (Å²) in [5.41, 5.74) is 0.00306. The summed E-state index contributed by atoms with van der Waals surface area (Å²) in [5.74, 6) is -1.21. The molecule has 1 aromatic heterocycles. The van der Waals surface area contributed by atoms with Crippen LogP contribution >= 0.6 is 0 Å². The number of hydrogen-bond acceptors (Lipinski definition) is 9. The predicted octanol–water partition coefficient (Wildman–Crippen LogP) is 2.15. The van der Waals surface area contributed by atoms with Gasteiger partial charge in [0.2, 0.25) is 5.95 Å². The number of Topliss-reactive ketones (excluding diaryl/α,β-unsaturated/α-hetero) is 1. The van der Waals surface area contributed by atoms with Gasteiger partial charge in [-0.1, -0.05) is 23.3 Å². The average molecular weight is 439 g/mol. The summed E-state index contributed by atoms with van der Waals surface area (Å²) < 4.78 is 31.5. The Bertz CT molecular complexity index is 1240. The first-order valence-electron chi connectivity index (χ1n) is 9.38. The largest absolute Gasteiger partial charge is 0.493 e. The van der Waals surface area contributed by atoms with E-state index in [9.17, 15) is 14.0 Å². The number of hydrogen-bond donors (Lipinski definition) is 1. The first-order valence-corrected chi connectivity index (χ1v) is 9.38. The maximum Gasteiger partial charge on any atom is 0.355 e. The molecule has 32 heavy (non-hydrogen) atoms.